The predicted molar refractivity (Wildman–Crippen MR) is 118 cm³/mol. The number of rotatable bonds is 5. The SMILES string of the molecule is CCc1ccc(-c2ccc(C3CCC(c4ccc(OC)cc4F)CC3)c(F)c2F)cc1. The summed E-state index contributed by atoms with van der Waals surface area (Å²) in [7, 11) is 1.51. The van der Waals surface area contributed by atoms with E-state index in [1.807, 2.05) is 24.3 Å². The first-order chi connectivity index (χ1) is 15.0. The lowest BCUT2D eigenvalue weighted by molar-refractivity contribution is 0.372. The van der Waals surface area contributed by atoms with Crippen LogP contribution in [0.3, 0.4) is 0 Å². The first-order valence-electron chi connectivity index (χ1n) is 10.9. The highest BCUT2D eigenvalue weighted by Gasteiger charge is 2.28. The van der Waals surface area contributed by atoms with E-state index in [1.54, 1.807) is 24.3 Å². The summed E-state index contributed by atoms with van der Waals surface area (Å²) in [6.45, 7) is 2.06. The van der Waals surface area contributed by atoms with Crippen LogP contribution in [0.1, 0.15) is 61.1 Å². The van der Waals surface area contributed by atoms with Gasteiger partial charge in [-0.1, -0.05) is 49.4 Å². The van der Waals surface area contributed by atoms with Gasteiger partial charge in [0.15, 0.2) is 11.6 Å². The molecule has 31 heavy (non-hydrogen) atoms. The van der Waals surface area contributed by atoms with E-state index < -0.39 is 11.6 Å². The lowest BCUT2D eigenvalue weighted by atomic mass is 9.75. The highest BCUT2D eigenvalue weighted by Crippen LogP contribution is 2.43. The van der Waals surface area contributed by atoms with Gasteiger partial charge in [-0.25, -0.2) is 13.2 Å². The molecule has 1 aliphatic carbocycles. The van der Waals surface area contributed by atoms with Crippen LogP contribution < -0.4 is 4.74 Å². The maximum Gasteiger partial charge on any atom is 0.166 e. The Bertz CT molecular complexity index is 1050. The molecular weight excluding hydrogens is 397 g/mol. The van der Waals surface area contributed by atoms with Crippen LogP contribution in [0.25, 0.3) is 11.1 Å². The van der Waals surface area contributed by atoms with E-state index >= 15 is 0 Å². The second-order valence-electron chi connectivity index (χ2n) is 8.32. The molecule has 0 bridgehead atoms. The van der Waals surface area contributed by atoms with Crippen molar-refractivity contribution in [1.29, 1.82) is 0 Å². The Morgan fingerprint density at radius 3 is 1.97 bits per heavy atom. The number of ether oxygens (including phenoxy) is 1. The zero-order valence-corrected chi connectivity index (χ0v) is 17.9. The van der Waals surface area contributed by atoms with E-state index in [0.29, 0.717) is 35.3 Å². The molecule has 3 aromatic carbocycles. The maximum absolute atomic E-state index is 15.0. The molecule has 0 amide bonds. The van der Waals surface area contributed by atoms with Crippen molar-refractivity contribution in [2.45, 2.75) is 50.9 Å². The minimum Gasteiger partial charge on any atom is -0.497 e. The molecule has 0 heterocycles. The van der Waals surface area contributed by atoms with E-state index in [0.717, 1.165) is 24.8 Å². The second kappa shape index (κ2) is 9.17. The zero-order valence-electron chi connectivity index (χ0n) is 17.9. The summed E-state index contributed by atoms with van der Waals surface area (Å²) < 4.78 is 49.4. The highest BCUT2D eigenvalue weighted by atomic mass is 19.2. The van der Waals surface area contributed by atoms with Gasteiger partial charge in [0.25, 0.3) is 0 Å². The number of aryl methyl sites for hydroxylation is 1. The number of halogens is 3. The lowest BCUT2D eigenvalue weighted by Crippen LogP contribution is -2.15. The standard InChI is InChI=1S/C27H27F3O/c1-3-17-4-6-19(7-5-17)23-14-15-24(27(30)26(23)29)20-10-8-18(9-11-20)22-13-12-21(31-2)16-25(22)28/h4-7,12-16,18,20H,3,8-11H2,1-2H3. The van der Waals surface area contributed by atoms with E-state index in [-0.39, 0.29) is 23.2 Å². The molecule has 1 saturated carbocycles. The number of hydrogen-bond acceptors (Lipinski definition) is 1. The topological polar surface area (TPSA) is 9.23 Å². The van der Waals surface area contributed by atoms with Crippen LogP contribution in [-0.4, -0.2) is 7.11 Å². The molecule has 0 aliphatic heterocycles. The summed E-state index contributed by atoms with van der Waals surface area (Å²) in [6.07, 6.45) is 3.80. The third-order valence-electron chi connectivity index (χ3n) is 6.60. The van der Waals surface area contributed by atoms with E-state index in [1.165, 1.54) is 13.2 Å². The first kappa shape index (κ1) is 21.5. The van der Waals surface area contributed by atoms with Gasteiger partial charge in [0.1, 0.15) is 11.6 Å². The Labute approximate surface area is 181 Å². The molecule has 1 fully saturated rings. The normalized spacial score (nSPS) is 18.7. The number of benzene rings is 3. The van der Waals surface area contributed by atoms with Crippen LogP contribution in [0.5, 0.6) is 5.75 Å². The summed E-state index contributed by atoms with van der Waals surface area (Å²) in [5.74, 6) is -1.27. The van der Waals surface area contributed by atoms with E-state index in [4.69, 9.17) is 4.74 Å². The van der Waals surface area contributed by atoms with Gasteiger partial charge in [0.05, 0.1) is 7.11 Å². The van der Waals surface area contributed by atoms with Crippen LogP contribution in [0.15, 0.2) is 54.6 Å². The monoisotopic (exact) mass is 424 g/mol. The number of methoxy groups -OCH3 is 1. The Hall–Kier alpha value is -2.75. The Morgan fingerprint density at radius 1 is 0.774 bits per heavy atom. The zero-order chi connectivity index (χ0) is 22.0. The molecular formula is C27H27F3O. The molecule has 0 radical (unpaired) electrons. The molecule has 3 aromatic rings. The molecule has 1 aliphatic rings. The van der Waals surface area contributed by atoms with Crippen molar-refractivity contribution in [3.63, 3.8) is 0 Å². The lowest BCUT2D eigenvalue weighted by Gasteiger charge is -2.29. The molecule has 0 saturated heterocycles. The van der Waals surface area contributed by atoms with Crippen molar-refractivity contribution in [1.82, 2.24) is 0 Å². The first-order valence-corrected chi connectivity index (χ1v) is 10.9. The minimum absolute atomic E-state index is 0.0522. The van der Waals surface area contributed by atoms with E-state index in [2.05, 4.69) is 6.92 Å². The molecule has 0 spiro atoms. The smallest absolute Gasteiger partial charge is 0.166 e. The summed E-state index contributed by atoms with van der Waals surface area (Å²) in [4.78, 5) is 0. The maximum atomic E-state index is 15.0. The molecule has 162 valence electrons. The van der Waals surface area contributed by atoms with Crippen LogP contribution in [-0.2, 0) is 6.42 Å². The fourth-order valence-corrected chi connectivity index (χ4v) is 4.70. The van der Waals surface area contributed by atoms with Crippen molar-refractivity contribution in [3.8, 4) is 16.9 Å². The highest BCUT2D eigenvalue weighted by molar-refractivity contribution is 5.65. The molecule has 0 aromatic heterocycles. The largest absolute Gasteiger partial charge is 0.497 e. The van der Waals surface area contributed by atoms with Crippen LogP contribution in [0.4, 0.5) is 13.2 Å². The van der Waals surface area contributed by atoms with Gasteiger partial charge in [-0.3, -0.25) is 0 Å². The third kappa shape index (κ3) is 4.34. The van der Waals surface area contributed by atoms with Crippen LogP contribution in [0.2, 0.25) is 0 Å². The van der Waals surface area contributed by atoms with Gasteiger partial charge in [-0.15, -0.1) is 0 Å². The van der Waals surface area contributed by atoms with Gasteiger partial charge >= 0.3 is 0 Å². The fourth-order valence-electron chi connectivity index (χ4n) is 4.70. The van der Waals surface area contributed by atoms with Gasteiger partial charge < -0.3 is 4.74 Å². The molecule has 0 atom stereocenters. The van der Waals surface area contributed by atoms with Gasteiger partial charge in [-0.2, -0.15) is 0 Å². The third-order valence-corrected chi connectivity index (χ3v) is 6.60. The van der Waals surface area contributed by atoms with Gasteiger partial charge in [0, 0.05) is 11.6 Å². The van der Waals surface area contributed by atoms with Gasteiger partial charge in [-0.05, 0) is 72.3 Å². The molecule has 4 rings (SSSR count). The quantitative estimate of drug-likeness (QED) is 0.406. The van der Waals surface area contributed by atoms with Crippen molar-refractivity contribution in [2.24, 2.45) is 0 Å². The Kier molecular flexibility index (Phi) is 6.35. The predicted octanol–water partition coefficient (Wildman–Crippen LogP) is 7.78. The van der Waals surface area contributed by atoms with Gasteiger partial charge in [0.2, 0.25) is 0 Å². The summed E-state index contributed by atoms with van der Waals surface area (Å²) in [6, 6.07) is 15.9. The van der Waals surface area contributed by atoms with E-state index in [9.17, 15) is 13.2 Å². The fraction of sp³-hybridized carbons (Fsp3) is 0.333. The van der Waals surface area contributed by atoms with Crippen molar-refractivity contribution in [3.05, 3.63) is 88.7 Å². The Balaban J connectivity index is 1.50. The minimum atomic E-state index is -0.787. The van der Waals surface area contributed by atoms with Crippen LogP contribution >= 0.6 is 0 Å². The second-order valence-corrected chi connectivity index (χ2v) is 8.32. The average molecular weight is 425 g/mol. The molecule has 0 unspecified atom stereocenters. The molecule has 1 nitrogen and oxygen atoms in total. The average Bonchev–Trinajstić information content (AvgIpc) is 2.81. The molecule has 4 heteroatoms. The van der Waals surface area contributed by atoms with Crippen molar-refractivity contribution >= 4 is 0 Å². The summed E-state index contributed by atoms with van der Waals surface area (Å²) in [5.41, 5.74) is 3.24. The Morgan fingerprint density at radius 2 is 1.39 bits per heavy atom. The van der Waals surface area contributed by atoms with Crippen LogP contribution in [0, 0.1) is 17.5 Å². The number of hydrogen-bond donors (Lipinski definition) is 0. The van der Waals surface area contributed by atoms with Crippen molar-refractivity contribution < 1.29 is 17.9 Å². The molecule has 0 N–H and O–H groups in total. The summed E-state index contributed by atoms with van der Waals surface area (Å²) >= 11 is 0. The van der Waals surface area contributed by atoms with Crippen molar-refractivity contribution in [2.75, 3.05) is 7.11 Å². The summed E-state index contributed by atoms with van der Waals surface area (Å²) in [5, 5.41) is 0.